The zero-order valence-electron chi connectivity index (χ0n) is 18.7. The maximum atomic E-state index is 12.0. The van der Waals surface area contributed by atoms with Crippen LogP contribution in [0.25, 0.3) is 0 Å². The number of anilines is 1. The molecule has 3 aromatic rings. The van der Waals surface area contributed by atoms with Gasteiger partial charge in [0.05, 0.1) is 24.9 Å². The molecule has 0 bridgehead atoms. The van der Waals surface area contributed by atoms with Crippen molar-refractivity contribution >= 4 is 39.6 Å². The summed E-state index contributed by atoms with van der Waals surface area (Å²) in [5.41, 5.74) is 4.60. The molecule has 8 nitrogen and oxygen atoms in total. The minimum absolute atomic E-state index is 0.372. The number of benzene rings is 3. The Balaban J connectivity index is 1.54. The average molecular weight is 526 g/mol. The maximum absolute atomic E-state index is 12.0. The highest BCUT2D eigenvalue weighted by Gasteiger charge is 2.12. The summed E-state index contributed by atoms with van der Waals surface area (Å²) in [4.78, 5) is 24.1. The van der Waals surface area contributed by atoms with Crippen molar-refractivity contribution in [3.63, 3.8) is 0 Å². The van der Waals surface area contributed by atoms with Gasteiger partial charge in [0.2, 0.25) is 11.8 Å². The van der Waals surface area contributed by atoms with Gasteiger partial charge in [0.15, 0.2) is 11.5 Å². The molecule has 2 N–H and O–H groups in total. The Morgan fingerprint density at radius 1 is 0.971 bits per heavy atom. The third kappa shape index (κ3) is 7.35. The minimum atomic E-state index is -0.545. The van der Waals surface area contributed by atoms with Crippen LogP contribution in [0.2, 0.25) is 0 Å². The summed E-state index contributed by atoms with van der Waals surface area (Å²) in [6.45, 7) is 0.387. The van der Waals surface area contributed by atoms with Crippen LogP contribution < -0.4 is 25.0 Å². The fourth-order valence-electron chi connectivity index (χ4n) is 2.93. The second-order valence-corrected chi connectivity index (χ2v) is 7.91. The first kappa shape index (κ1) is 24.8. The standard InChI is InChI=1S/C25H24BrN3O5/c1-32-20-10-8-19(9-11-20)28-23(30)14-24(31)29-27-15-18-12-21(26)25(22(13-18)33-2)34-16-17-6-4-3-5-7-17/h3-13,15H,14,16H2,1-2H3,(H,28,30)(H,29,31). The highest BCUT2D eigenvalue weighted by Crippen LogP contribution is 2.36. The number of hydrogen-bond donors (Lipinski definition) is 2. The second kappa shape index (κ2) is 12.4. The van der Waals surface area contributed by atoms with Crippen LogP contribution in [0.4, 0.5) is 5.69 Å². The van der Waals surface area contributed by atoms with Crippen LogP contribution in [-0.2, 0) is 16.2 Å². The third-order valence-corrected chi connectivity index (χ3v) is 5.16. The van der Waals surface area contributed by atoms with Gasteiger partial charge >= 0.3 is 0 Å². The number of ether oxygens (including phenoxy) is 3. The number of rotatable bonds is 10. The molecular formula is C25H24BrN3O5. The second-order valence-electron chi connectivity index (χ2n) is 7.06. The zero-order chi connectivity index (χ0) is 24.3. The molecule has 0 aliphatic heterocycles. The van der Waals surface area contributed by atoms with Gasteiger partial charge in [-0.2, -0.15) is 5.10 Å². The Bertz CT molecular complexity index is 1150. The third-order valence-electron chi connectivity index (χ3n) is 4.58. The quantitative estimate of drug-likeness (QED) is 0.230. The average Bonchev–Trinajstić information content (AvgIpc) is 2.84. The van der Waals surface area contributed by atoms with Crippen LogP contribution in [0.5, 0.6) is 17.2 Å². The van der Waals surface area contributed by atoms with Gasteiger partial charge in [0.25, 0.3) is 0 Å². The molecule has 9 heteroatoms. The predicted octanol–water partition coefficient (Wildman–Crippen LogP) is 4.52. The molecule has 176 valence electrons. The van der Waals surface area contributed by atoms with E-state index in [1.807, 2.05) is 30.3 Å². The molecule has 0 saturated carbocycles. The van der Waals surface area contributed by atoms with E-state index in [9.17, 15) is 9.59 Å². The van der Waals surface area contributed by atoms with Crippen molar-refractivity contribution in [3.05, 3.63) is 82.3 Å². The molecule has 0 saturated heterocycles. The van der Waals surface area contributed by atoms with Crippen molar-refractivity contribution in [3.8, 4) is 17.2 Å². The number of carbonyl (C=O) groups is 2. The lowest BCUT2D eigenvalue weighted by Gasteiger charge is -2.13. The van der Waals surface area contributed by atoms with E-state index < -0.39 is 11.8 Å². The zero-order valence-corrected chi connectivity index (χ0v) is 20.3. The van der Waals surface area contributed by atoms with Crippen molar-refractivity contribution in [1.82, 2.24) is 5.43 Å². The fourth-order valence-corrected chi connectivity index (χ4v) is 3.50. The monoisotopic (exact) mass is 525 g/mol. The van der Waals surface area contributed by atoms with Crippen LogP contribution in [-0.4, -0.2) is 32.2 Å². The van der Waals surface area contributed by atoms with Crippen molar-refractivity contribution in [2.75, 3.05) is 19.5 Å². The largest absolute Gasteiger partial charge is 0.497 e. The van der Waals surface area contributed by atoms with E-state index in [0.717, 1.165) is 5.56 Å². The lowest BCUT2D eigenvalue weighted by atomic mass is 10.2. The highest BCUT2D eigenvalue weighted by atomic mass is 79.9. The summed E-state index contributed by atoms with van der Waals surface area (Å²) < 4.78 is 17.1. The normalized spacial score (nSPS) is 10.6. The van der Waals surface area contributed by atoms with Gasteiger partial charge in [0, 0.05) is 5.69 Å². The molecule has 3 rings (SSSR count). The summed E-state index contributed by atoms with van der Waals surface area (Å²) in [6.07, 6.45) is 1.08. The number of hydrazone groups is 1. The highest BCUT2D eigenvalue weighted by molar-refractivity contribution is 9.10. The lowest BCUT2D eigenvalue weighted by molar-refractivity contribution is -0.126. The first-order valence-corrected chi connectivity index (χ1v) is 11.1. The number of carbonyl (C=O) groups excluding carboxylic acids is 2. The van der Waals surface area contributed by atoms with E-state index >= 15 is 0 Å². The van der Waals surface area contributed by atoms with Crippen LogP contribution in [0, 0.1) is 0 Å². The first-order chi connectivity index (χ1) is 16.5. The van der Waals surface area contributed by atoms with E-state index in [1.54, 1.807) is 50.6 Å². The van der Waals surface area contributed by atoms with Crippen molar-refractivity contribution in [2.24, 2.45) is 5.10 Å². The SMILES string of the molecule is COc1ccc(NC(=O)CC(=O)NN=Cc2cc(Br)c(OCc3ccccc3)c(OC)c2)cc1. The van der Waals surface area contributed by atoms with Gasteiger partial charge in [-0.1, -0.05) is 30.3 Å². The fraction of sp³-hybridized carbons (Fsp3) is 0.160. The number of amides is 2. The Labute approximate surface area is 206 Å². The van der Waals surface area contributed by atoms with Crippen LogP contribution in [0.15, 0.2) is 76.3 Å². The Hall–Kier alpha value is -3.85. The van der Waals surface area contributed by atoms with Gasteiger partial charge in [-0.25, -0.2) is 5.43 Å². The van der Waals surface area contributed by atoms with E-state index in [1.165, 1.54) is 6.21 Å². The van der Waals surface area contributed by atoms with E-state index in [-0.39, 0.29) is 6.42 Å². The molecule has 0 heterocycles. The molecule has 3 aromatic carbocycles. The summed E-state index contributed by atoms with van der Waals surface area (Å²) in [6, 6.07) is 20.1. The topological polar surface area (TPSA) is 98.2 Å². The van der Waals surface area contributed by atoms with E-state index in [0.29, 0.717) is 39.6 Å². The van der Waals surface area contributed by atoms with Crippen LogP contribution >= 0.6 is 15.9 Å². The van der Waals surface area contributed by atoms with Gasteiger partial charge in [-0.3, -0.25) is 9.59 Å². The van der Waals surface area contributed by atoms with Crippen LogP contribution in [0.3, 0.4) is 0 Å². The number of methoxy groups -OCH3 is 2. The Morgan fingerprint density at radius 3 is 2.38 bits per heavy atom. The Kier molecular flexibility index (Phi) is 9.04. The van der Waals surface area contributed by atoms with E-state index in [4.69, 9.17) is 14.2 Å². The molecule has 0 radical (unpaired) electrons. The summed E-state index contributed by atoms with van der Waals surface area (Å²) >= 11 is 3.49. The molecule has 0 aromatic heterocycles. The smallest absolute Gasteiger partial charge is 0.249 e. The maximum Gasteiger partial charge on any atom is 0.249 e. The summed E-state index contributed by atoms with van der Waals surface area (Å²) in [7, 11) is 3.10. The molecule has 0 atom stereocenters. The molecule has 0 fully saturated rings. The Morgan fingerprint density at radius 2 is 1.71 bits per heavy atom. The van der Waals surface area contributed by atoms with Crippen molar-refractivity contribution < 1.29 is 23.8 Å². The van der Waals surface area contributed by atoms with Crippen LogP contribution in [0.1, 0.15) is 17.5 Å². The number of nitrogens with zero attached hydrogens (tertiary/aromatic N) is 1. The first-order valence-electron chi connectivity index (χ1n) is 10.3. The number of hydrogen-bond acceptors (Lipinski definition) is 6. The van der Waals surface area contributed by atoms with Gasteiger partial charge in [0.1, 0.15) is 18.8 Å². The molecule has 2 amide bonds. The molecular weight excluding hydrogens is 502 g/mol. The van der Waals surface area contributed by atoms with E-state index in [2.05, 4.69) is 31.8 Å². The van der Waals surface area contributed by atoms with Gasteiger partial charge < -0.3 is 19.5 Å². The van der Waals surface area contributed by atoms with Gasteiger partial charge in [-0.05, 0) is 63.5 Å². The molecule has 0 unspecified atom stereocenters. The molecule has 34 heavy (non-hydrogen) atoms. The minimum Gasteiger partial charge on any atom is -0.497 e. The predicted molar refractivity (Wildman–Crippen MR) is 133 cm³/mol. The lowest BCUT2D eigenvalue weighted by Crippen LogP contribution is -2.24. The number of halogens is 1. The summed E-state index contributed by atoms with van der Waals surface area (Å²) in [5, 5.41) is 6.57. The van der Waals surface area contributed by atoms with Gasteiger partial charge in [-0.15, -0.1) is 0 Å². The molecule has 0 aliphatic rings. The number of nitrogens with one attached hydrogen (secondary N) is 2. The van der Waals surface area contributed by atoms with Crippen molar-refractivity contribution in [1.29, 1.82) is 0 Å². The van der Waals surface area contributed by atoms with Crippen molar-refractivity contribution in [2.45, 2.75) is 13.0 Å². The molecule has 0 aliphatic carbocycles. The summed E-state index contributed by atoms with van der Waals surface area (Å²) in [5.74, 6) is 0.738. The molecule has 0 spiro atoms.